The van der Waals surface area contributed by atoms with Gasteiger partial charge in [-0.05, 0) is 6.92 Å². The lowest BCUT2D eigenvalue weighted by molar-refractivity contribution is -0.144. The van der Waals surface area contributed by atoms with Gasteiger partial charge in [0.15, 0.2) is 0 Å². The number of carbonyl (C=O) groups excluding carboxylic acids is 1. The minimum Gasteiger partial charge on any atom is -0.465 e. The Balaban J connectivity index is 2.49. The smallest absolute Gasteiger partial charge is 0.327 e. The highest BCUT2D eigenvalue weighted by Gasteiger charge is 2.04. The quantitative estimate of drug-likeness (QED) is 0.634. The van der Waals surface area contributed by atoms with Crippen molar-refractivity contribution in [3.05, 3.63) is 12.2 Å². The van der Waals surface area contributed by atoms with E-state index in [-0.39, 0.29) is 12.5 Å². The third-order valence-corrected chi connectivity index (χ3v) is 1.50. The Morgan fingerprint density at radius 2 is 2.38 bits per heavy atom. The van der Waals surface area contributed by atoms with Gasteiger partial charge in [0.1, 0.15) is 18.7 Å². The number of nitrogens with zero attached hydrogens (tertiary/aromatic N) is 3. The molecular weight excluding hydrogens is 170 g/mol. The third kappa shape index (κ3) is 2.85. The molecule has 0 unspecified atom stereocenters. The van der Waals surface area contributed by atoms with Gasteiger partial charge < -0.3 is 4.74 Å². The fourth-order valence-corrected chi connectivity index (χ4v) is 0.910. The van der Waals surface area contributed by atoms with Crippen LogP contribution < -0.4 is 0 Å². The first-order valence-electron chi connectivity index (χ1n) is 4.30. The third-order valence-electron chi connectivity index (χ3n) is 1.50. The normalized spacial score (nSPS) is 10.0. The summed E-state index contributed by atoms with van der Waals surface area (Å²) in [7, 11) is 0. The lowest BCUT2D eigenvalue weighted by Gasteiger charge is -1.99. The van der Waals surface area contributed by atoms with E-state index in [4.69, 9.17) is 4.74 Å². The molecule has 5 heteroatoms. The van der Waals surface area contributed by atoms with Gasteiger partial charge in [0.05, 0.1) is 6.61 Å². The minimum atomic E-state index is -0.282. The zero-order valence-electron chi connectivity index (χ0n) is 7.86. The summed E-state index contributed by atoms with van der Waals surface area (Å²) >= 11 is 0. The van der Waals surface area contributed by atoms with Gasteiger partial charge in [0, 0.05) is 6.42 Å². The monoisotopic (exact) mass is 183 g/mol. The molecule has 0 radical (unpaired) electrons. The van der Waals surface area contributed by atoms with E-state index in [0.717, 1.165) is 12.2 Å². The molecule has 0 aliphatic rings. The number of carbonyl (C=O) groups is 1. The highest BCUT2D eigenvalue weighted by molar-refractivity contribution is 5.68. The Morgan fingerprint density at radius 3 is 2.92 bits per heavy atom. The van der Waals surface area contributed by atoms with E-state index >= 15 is 0 Å². The van der Waals surface area contributed by atoms with E-state index in [0.29, 0.717) is 6.61 Å². The summed E-state index contributed by atoms with van der Waals surface area (Å²) in [5, 5.41) is 4.06. The number of esters is 1. The van der Waals surface area contributed by atoms with Gasteiger partial charge in [-0.25, -0.2) is 9.67 Å². The second-order valence-electron chi connectivity index (χ2n) is 2.52. The Morgan fingerprint density at radius 1 is 1.62 bits per heavy atom. The van der Waals surface area contributed by atoms with Crippen LogP contribution in [0.2, 0.25) is 0 Å². The van der Waals surface area contributed by atoms with Crippen molar-refractivity contribution in [2.24, 2.45) is 0 Å². The first-order chi connectivity index (χ1) is 6.26. The zero-order valence-corrected chi connectivity index (χ0v) is 7.86. The predicted octanol–water partition coefficient (Wildman–Crippen LogP) is 0.404. The van der Waals surface area contributed by atoms with Crippen LogP contribution >= 0.6 is 0 Å². The molecule has 0 spiro atoms. The number of aromatic nitrogens is 3. The number of hydrogen-bond donors (Lipinski definition) is 0. The standard InChI is InChI=1S/C8H13N3O2/c1-3-7-9-6-11(10-7)5-8(12)13-4-2/h6H,3-5H2,1-2H3. The highest BCUT2D eigenvalue weighted by atomic mass is 16.5. The van der Waals surface area contributed by atoms with E-state index in [2.05, 4.69) is 10.1 Å². The van der Waals surface area contributed by atoms with Crippen LogP contribution in [0.15, 0.2) is 6.33 Å². The summed E-state index contributed by atoms with van der Waals surface area (Å²) in [4.78, 5) is 15.0. The Bertz CT molecular complexity index is 283. The lowest BCUT2D eigenvalue weighted by Crippen LogP contribution is -2.13. The maximum atomic E-state index is 11.0. The van der Waals surface area contributed by atoms with E-state index < -0.39 is 0 Å². The molecule has 1 aromatic rings. The first kappa shape index (κ1) is 9.70. The average molecular weight is 183 g/mol. The Labute approximate surface area is 76.7 Å². The molecule has 72 valence electrons. The number of aryl methyl sites for hydroxylation is 1. The van der Waals surface area contributed by atoms with Crippen LogP contribution in [0.4, 0.5) is 0 Å². The molecule has 1 heterocycles. The van der Waals surface area contributed by atoms with Crippen molar-refractivity contribution in [2.75, 3.05) is 6.61 Å². The van der Waals surface area contributed by atoms with Gasteiger partial charge in [0.2, 0.25) is 0 Å². The van der Waals surface area contributed by atoms with Gasteiger partial charge in [-0.3, -0.25) is 4.79 Å². The summed E-state index contributed by atoms with van der Waals surface area (Å²) in [6.45, 7) is 4.27. The molecule has 0 amide bonds. The van der Waals surface area contributed by atoms with Gasteiger partial charge in [-0.1, -0.05) is 6.92 Å². The molecule has 0 aliphatic heterocycles. The molecule has 0 atom stereocenters. The second kappa shape index (κ2) is 4.59. The molecule has 0 aromatic carbocycles. The van der Waals surface area contributed by atoms with Crippen molar-refractivity contribution in [3.63, 3.8) is 0 Å². The van der Waals surface area contributed by atoms with Crippen molar-refractivity contribution in [1.82, 2.24) is 14.8 Å². The number of ether oxygens (including phenoxy) is 1. The summed E-state index contributed by atoms with van der Waals surface area (Å²) in [5.74, 6) is 0.458. The highest BCUT2D eigenvalue weighted by Crippen LogP contribution is 1.91. The van der Waals surface area contributed by atoms with E-state index in [9.17, 15) is 4.79 Å². The molecular formula is C8H13N3O2. The van der Waals surface area contributed by atoms with Crippen LogP contribution in [0.25, 0.3) is 0 Å². The van der Waals surface area contributed by atoms with Gasteiger partial charge in [-0.2, -0.15) is 5.10 Å². The fourth-order valence-electron chi connectivity index (χ4n) is 0.910. The topological polar surface area (TPSA) is 57.0 Å². The molecule has 0 saturated carbocycles. The van der Waals surface area contributed by atoms with Crippen LogP contribution in [0.5, 0.6) is 0 Å². The summed E-state index contributed by atoms with van der Waals surface area (Å²) < 4.78 is 6.24. The molecule has 0 bridgehead atoms. The first-order valence-corrected chi connectivity index (χ1v) is 4.30. The van der Waals surface area contributed by atoms with Crippen LogP contribution in [0.3, 0.4) is 0 Å². The SMILES string of the molecule is CCOC(=O)Cn1cnc(CC)n1. The molecule has 0 fully saturated rings. The van der Waals surface area contributed by atoms with Gasteiger partial charge in [0.25, 0.3) is 0 Å². The minimum absolute atomic E-state index is 0.140. The van der Waals surface area contributed by atoms with Gasteiger partial charge >= 0.3 is 5.97 Å². The van der Waals surface area contributed by atoms with Crippen molar-refractivity contribution >= 4 is 5.97 Å². The molecule has 0 saturated heterocycles. The van der Waals surface area contributed by atoms with Gasteiger partial charge in [-0.15, -0.1) is 0 Å². The van der Waals surface area contributed by atoms with Crippen molar-refractivity contribution < 1.29 is 9.53 Å². The van der Waals surface area contributed by atoms with Crippen molar-refractivity contribution in [1.29, 1.82) is 0 Å². The molecule has 13 heavy (non-hydrogen) atoms. The molecule has 1 rings (SSSR count). The van der Waals surface area contributed by atoms with Crippen LogP contribution in [0, 0.1) is 0 Å². The molecule has 0 aliphatic carbocycles. The van der Waals surface area contributed by atoms with Crippen LogP contribution in [-0.4, -0.2) is 27.3 Å². The van der Waals surface area contributed by atoms with E-state index in [1.165, 1.54) is 11.0 Å². The van der Waals surface area contributed by atoms with Crippen LogP contribution in [0.1, 0.15) is 19.7 Å². The molecule has 1 aromatic heterocycles. The lowest BCUT2D eigenvalue weighted by atomic mass is 10.5. The molecule has 5 nitrogen and oxygen atoms in total. The largest absolute Gasteiger partial charge is 0.465 e. The van der Waals surface area contributed by atoms with E-state index in [1.807, 2.05) is 6.92 Å². The maximum absolute atomic E-state index is 11.0. The Kier molecular flexibility index (Phi) is 3.42. The zero-order chi connectivity index (χ0) is 9.68. The van der Waals surface area contributed by atoms with Crippen molar-refractivity contribution in [2.45, 2.75) is 26.8 Å². The predicted molar refractivity (Wildman–Crippen MR) is 46.0 cm³/mol. The number of hydrogen-bond acceptors (Lipinski definition) is 4. The maximum Gasteiger partial charge on any atom is 0.327 e. The van der Waals surface area contributed by atoms with Crippen molar-refractivity contribution in [3.8, 4) is 0 Å². The van der Waals surface area contributed by atoms with Crippen LogP contribution in [-0.2, 0) is 22.5 Å². The molecule has 0 N–H and O–H groups in total. The summed E-state index contributed by atoms with van der Waals surface area (Å²) in [6, 6.07) is 0. The average Bonchev–Trinajstić information content (AvgIpc) is 2.52. The van der Waals surface area contributed by atoms with E-state index in [1.54, 1.807) is 6.92 Å². The number of rotatable bonds is 4. The summed E-state index contributed by atoms with van der Waals surface area (Å²) in [5.41, 5.74) is 0. The fraction of sp³-hybridized carbons (Fsp3) is 0.625. The summed E-state index contributed by atoms with van der Waals surface area (Å²) in [6.07, 6.45) is 2.31. The Hall–Kier alpha value is -1.39. The second-order valence-corrected chi connectivity index (χ2v) is 2.52.